The standard InChI is InChI=1S/C16H25N3O2/c1-4-12-8-11(9-15(18-12)17-5-2)16(20)19-13-6-7-14(10-13)21-3/h8-9,13-14H,4-7,10H2,1-3H3,(H,17,18)(H,19,20). The van der Waals surface area contributed by atoms with Crippen molar-refractivity contribution in [3.8, 4) is 0 Å². The highest BCUT2D eigenvalue weighted by atomic mass is 16.5. The van der Waals surface area contributed by atoms with E-state index in [9.17, 15) is 4.79 Å². The van der Waals surface area contributed by atoms with E-state index in [-0.39, 0.29) is 18.1 Å². The highest BCUT2D eigenvalue weighted by Crippen LogP contribution is 2.22. The summed E-state index contributed by atoms with van der Waals surface area (Å²) in [5.74, 6) is 0.746. The number of amides is 1. The lowest BCUT2D eigenvalue weighted by molar-refractivity contribution is 0.0915. The van der Waals surface area contributed by atoms with Gasteiger partial charge < -0.3 is 15.4 Å². The Labute approximate surface area is 126 Å². The zero-order chi connectivity index (χ0) is 15.2. The largest absolute Gasteiger partial charge is 0.381 e. The second-order valence-electron chi connectivity index (χ2n) is 5.46. The Morgan fingerprint density at radius 2 is 2.19 bits per heavy atom. The number of methoxy groups -OCH3 is 1. The van der Waals surface area contributed by atoms with Crippen LogP contribution in [0.5, 0.6) is 0 Å². The lowest BCUT2D eigenvalue weighted by Crippen LogP contribution is -2.33. The smallest absolute Gasteiger partial charge is 0.251 e. The number of ether oxygens (including phenoxy) is 1. The van der Waals surface area contributed by atoms with E-state index in [4.69, 9.17) is 4.74 Å². The minimum atomic E-state index is -0.0204. The van der Waals surface area contributed by atoms with Crippen LogP contribution in [0.2, 0.25) is 0 Å². The Bertz CT molecular complexity index is 490. The van der Waals surface area contributed by atoms with Gasteiger partial charge in [0.05, 0.1) is 6.10 Å². The van der Waals surface area contributed by atoms with Crippen molar-refractivity contribution in [1.82, 2.24) is 10.3 Å². The van der Waals surface area contributed by atoms with E-state index >= 15 is 0 Å². The molecular weight excluding hydrogens is 266 g/mol. The first-order valence-corrected chi connectivity index (χ1v) is 7.74. The van der Waals surface area contributed by atoms with Crippen LogP contribution in [0.15, 0.2) is 12.1 Å². The van der Waals surface area contributed by atoms with Gasteiger partial charge in [0.15, 0.2) is 0 Å². The fourth-order valence-electron chi connectivity index (χ4n) is 2.73. The molecule has 0 radical (unpaired) electrons. The van der Waals surface area contributed by atoms with Gasteiger partial charge in [0, 0.05) is 31.0 Å². The molecule has 5 heteroatoms. The molecule has 1 saturated carbocycles. The molecule has 5 nitrogen and oxygen atoms in total. The van der Waals surface area contributed by atoms with Crippen LogP contribution in [-0.2, 0) is 11.2 Å². The summed E-state index contributed by atoms with van der Waals surface area (Å²) in [6.07, 6.45) is 3.98. The van der Waals surface area contributed by atoms with E-state index < -0.39 is 0 Å². The third-order valence-corrected chi connectivity index (χ3v) is 3.91. The second kappa shape index (κ2) is 7.41. The first kappa shape index (κ1) is 15.8. The van der Waals surface area contributed by atoms with Crippen molar-refractivity contribution < 1.29 is 9.53 Å². The van der Waals surface area contributed by atoms with Gasteiger partial charge in [0.2, 0.25) is 0 Å². The average molecular weight is 291 g/mol. The molecule has 0 aliphatic heterocycles. The number of pyridine rings is 1. The fourth-order valence-corrected chi connectivity index (χ4v) is 2.73. The van der Waals surface area contributed by atoms with E-state index in [0.29, 0.717) is 5.56 Å². The monoisotopic (exact) mass is 291 g/mol. The molecule has 2 atom stereocenters. The summed E-state index contributed by atoms with van der Waals surface area (Å²) in [7, 11) is 1.73. The summed E-state index contributed by atoms with van der Waals surface area (Å²) in [6, 6.07) is 3.91. The van der Waals surface area contributed by atoms with Gasteiger partial charge in [0.25, 0.3) is 5.91 Å². The Hall–Kier alpha value is -1.62. The number of carbonyl (C=O) groups excluding carboxylic acids is 1. The number of rotatable bonds is 6. The molecule has 2 N–H and O–H groups in total. The van der Waals surface area contributed by atoms with Crippen molar-refractivity contribution in [2.45, 2.75) is 51.7 Å². The Kier molecular flexibility index (Phi) is 5.56. The van der Waals surface area contributed by atoms with E-state index in [1.807, 2.05) is 26.0 Å². The van der Waals surface area contributed by atoms with Gasteiger partial charge in [0.1, 0.15) is 5.82 Å². The van der Waals surface area contributed by atoms with Crippen LogP contribution >= 0.6 is 0 Å². The maximum Gasteiger partial charge on any atom is 0.251 e. The highest BCUT2D eigenvalue weighted by molar-refractivity contribution is 5.95. The maximum atomic E-state index is 12.4. The Morgan fingerprint density at radius 3 is 2.81 bits per heavy atom. The van der Waals surface area contributed by atoms with Crippen molar-refractivity contribution in [3.63, 3.8) is 0 Å². The maximum absolute atomic E-state index is 12.4. The molecule has 1 aromatic heterocycles. The number of hydrogen-bond donors (Lipinski definition) is 2. The number of aryl methyl sites for hydroxylation is 1. The third kappa shape index (κ3) is 4.17. The first-order valence-electron chi connectivity index (χ1n) is 7.74. The van der Waals surface area contributed by atoms with Crippen molar-refractivity contribution in [1.29, 1.82) is 0 Å². The highest BCUT2D eigenvalue weighted by Gasteiger charge is 2.26. The summed E-state index contributed by atoms with van der Waals surface area (Å²) >= 11 is 0. The summed E-state index contributed by atoms with van der Waals surface area (Å²) in [6.45, 7) is 4.85. The van der Waals surface area contributed by atoms with Crippen molar-refractivity contribution in [2.24, 2.45) is 0 Å². The minimum absolute atomic E-state index is 0.0204. The van der Waals surface area contributed by atoms with Crippen molar-refractivity contribution in [3.05, 3.63) is 23.4 Å². The molecule has 21 heavy (non-hydrogen) atoms. The van der Waals surface area contributed by atoms with Crippen LogP contribution in [0.25, 0.3) is 0 Å². The number of carbonyl (C=O) groups is 1. The molecule has 1 amide bonds. The van der Waals surface area contributed by atoms with Crippen LogP contribution < -0.4 is 10.6 Å². The Balaban J connectivity index is 2.06. The molecule has 1 fully saturated rings. The number of nitrogens with one attached hydrogen (secondary N) is 2. The molecule has 0 aromatic carbocycles. The Morgan fingerprint density at radius 1 is 1.38 bits per heavy atom. The average Bonchev–Trinajstić information content (AvgIpc) is 2.94. The molecule has 1 aliphatic carbocycles. The van der Waals surface area contributed by atoms with Gasteiger partial charge in [-0.3, -0.25) is 4.79 Å². The SMILES string of the molecule is CCNc1cc(C(=O)NC2CCC(OC)C2)cc(CC)n1. The van der Waals surface area contributed by atoms with E-state index in [1.165, 1.54) is 0 Å². The third-order valence-electron chi connectivity index (χ3n) is 3.91. The van der Waals surface area contributed by atoms with E-state index in [0.717, 1.165) is 43.7 Å². The number of hydrogen-bond acceptors (Lipinski definition) is 4. The molecule has 1 aliphatic rings. The molecule has 2 rings (SSSR count). The normalized spacial score (nSPS) is 21.3. The van der Waals surface area contributed by atoms with Gasteiger partial charge >= 0.3 is 0 Å². The molecular formula is C16H25N3O2. The quantitative estimate of drug-likeness (QED) is 0.844. The summed E-state index contributed by atoms with van der Waals surface area (Å²) < 4.78 is 5.34. The molecule has 116 valence electrons. The summed E-state index contributed by atoms with van der Waals surface area (Å²) in [4.78, 5) is 16.9. The topological polar surface area (TPSA) is 63.2 Å². The van der Waals surface area contributed by atoms with Crippen LogP contribution in [0.4, 0.5) is 5.82 Å². The van der Waals surface area contributed by atoms with Crippen molar-refractivity contribution >= 4 is 11.7 Å². The summed E-state index contributed by atoms with van der Waals surface area (Å²) in [5.41, 5.74) is 1.61. The predicted molar refractivity (Wildman–Crippen MR) is 83.7 cm³/mol. The molecule has 2 unspecified atom stereocenters. The molecule has 0 saturated heterocycles. The molecule has 0 spiro atoms. The summed E-state index contributed by atoms with van der Waals surface area (Å²) in [5, 5.41) is 6.28. The number of anilines is 1. The zero-order valence-electron chi connectivity index (χ0n) is 13.1. The lowest BCUT2D eigenvalue weighted by Gasteiger charge is -2.14. The second-order valence-corrected chi connectivity index (χ2v) is 5.46. The van der Waals surface area contributed by atoms with Gasteiger partial charge in [-0.2, -0.15) is 0 Å². The van der Waals surface area contributed by atoms with Gasteiger partial charge in [-0.05, 0) is 44.7 Å². The van der Waals surface area contributed by atoms with Gasteiger partial charge in [-0.15, -0.1) is 0 Å². The van der Waals surface area contributed by atoms with Crippen LogP contribution in [-0.4, -0.2) is 36.7 Å². The molecule has 0 bridgehead atoms. The van der Waals surface area contributed by atoms with Crippen LogP contribution in [0, 0.1) is 0 Å². The zero-order valence-corrected chi connectivity index (χ0v) is 13.1. The van der Waals surface area contributed by atoms with Gasteiger partial charge in [-0.25, -0.2) is 4.98 Å². The molecule has 1 aromatic rings. The first-order chi connectivity index (χ1) is 10.2. The van der Waals surface area contributed by atoms with Crippen LogP contribution in [0.3, 0.4) is 0 Å². The van der Waals surface area contributed by atoms with E-state index in [2.05, 4.69) is 15.6 Å². The van der Waals surface area contributed by atoms with Crippen LogP contribution in [0.1, 0.15) is 49.2 Å². The number of aromatic nitrogens is 1. The van der Waals surface area contributed by atoms with Crippen molar-refractivity contribution in [2.75, 3.05) is 19.0 Å². The minimum Gasteiger partial charge on any atom is -0.381 e. The van der Waals surface area contributed by atoms with E-state index in [1.54, 1.807) is 7.11 Å². The predicted octanol–water partition coefficient (Wildman–Crippen LogP) is 2.37. The van der Waals surface area contributed by atoms with Gasteiger partial charge in [-0.1, -0.05) is 6.92 Å². The number of nitrogens with zero attached hydrogens (tertiary/aromatic N) is 1. The molecule has 1 heterocycles. The fraction of sp³-hybridized carbons (Fsp3) is 0.625. The lowest BCUT2D eigenvalue weighted by atomic mass is 10.1.